The second kappa shape index (κ2) is 8.12. The fourth-order valence-corrected chi connectivity index (χ4v) is 3.11. The molecule has 3 rings (SSSR count). The van der Waals surface area contributed by atoms with Crippen molar-refractivity contribution in [1.82, 2.24) is 10.3 Å². The van der Waals surface area contributed by atoms with Crippen molar-refractivity contribution >= 4 is 5.91 Å². The van der Waals surface area contributed by atoms with Crippen LogP contribution < -0.4 is 14.8 Å². The van der Waals surface area contributed by atoms with Crippen molar-refractivity contribution in [2.45, 2.75) is 37.8 Å². The summed E-state index contributed by atoms with van der Waals surface area (Å²) in [6.07, 6.45) is 5.74. The molecule has 1 heterocycles. The molecule has 26 heavy (non-hydrogen) atoms. The zero-order chi connectivity index (χ0) is 18.5. The third-order valence-electron chi connectivity index (χ3n) is 4.40. The lowest BCUT2D eigenvalue weighted by atomic mass is 9.92. The number of hydrogen-bond donors (Lipinski definition) is 1. The van der Waals surface area contributed by atoms with Gasteiger partial charge in [-0.15, -0.1) is 0 Å². The molecule has 1 saturated carbocycles. The first-order valence-corrected chi connectivity index (χ1v) is 8.47. The van der Waals surface area contributed by atoms with Crippen LogP contribution in [-0.2, 0) is 0 Å². The number of nitrogens with one attached hydrogen (secondary N) is 1. The monoisotopic (exact) mass is 362 g/mol. The fourth-order valence-electron chi connectivity index (χ4n) is 3.11. The maximum absolute atomic E-state index is 13.2. The molecule has 1 aromatic carbocycles. The Balaban J connectivity index is 1.53. The van der Waals surface area contributed by atoms with Gasteiger partial charge in [-0.2, -0.15) is 0 Å². The second-order valence-electron chi connectivity index (χ2n) is 6.25. The summed E-state index contributed by atoms with van der Waals surface area (Å²) in [5.74, 6) is -0.910. The molecule has 0 bridgehead atoms. The summed E-state index contributed by atoms with van der Waals surface area (Å²) in [4.78, 5) is 16.3. The van der Waals surface area contributed by atoms with Gasteiger partial charge in [0.2, 0.25) is 0 Å². The maximum Gasteiger partial charge on any atom is 0.255 e. The lowest BCUT2D eigenvalue weighted by Gasteiger charge is -2.29. The minimum atomic E-state index is -0.660. The number of ether oxygens (including phenoxy) is 2. The number of carbonyl (C=O) groups is 1. The number of benzene rings is 1. The van der Waals surface area contributed by atoms with Crippen LogP contribution in [-0.4, -0.2) is 30.1 Å². The molecule has 0 spiro atoms. The highest BCUT2D eigenvalue weighted by Crippen LogP contribution is 2.25. The van der Waals surface area contributed by atoms with Crippen LogP contribution in [0.15, 0.2) is 36.7 Å². The first kappa shape index (κ1) is 18.1. The molecule has 0 atom stereocenters. The molecule has 138 valence electrons. The van der Waals surface area contributed by atoms with E-state index in [1.54, 1.807) is 12.3 Å². The predicted molar refractivity (Wildman–Crippen MR) is 91.3 cm³/mol. The average Bonchev–Trinajstić information content (AvgIpc) is 2.62. The van der Waals surface area contributed by atoms with Gasteiger partial charge in [0, 0.05) is 30.4 Å². The van der Waals surface area contributed by atoms with Crippen LogP contribution in [0.4, 0.5) is 8.78 Å². The van der Waals surface area contributed by atoms with Gasteiger partial charge >= 0.3 is 0 Å². The molecule has 5 nitrogen and oxygen atoms in total. The molecule has 1 N–H and O–H groups in total. The first-order chi connectivity index (χ1) is 12.5. The van der Waals surface area contributed by atoms with E-state index in [-0.39, 0.29) is 23.8 Å². The summed E-state index contributed by atoms with van der Waals surface area (Å²) in [5.41, 5.74) is 0.441. The maximum atomic E-state index is 13.2. The van der Waals surface area contributed by atoms with Gasteiger partial charge in [-0.25, -0.2) is 8.78 Å². The Morgan fingerprint density at radius 2 is 1.85 bits per heavy atom. The molecule has 7 heteroatoms. The van der Waals surface area contributed by atoms with Crippen LogP contribution in [0.2, 0.25) is 0 Å². The van der Waals surface area contributed by atoms with E-state index in [4.69, 9.17) is 9.47 Å². The first-order valence-electron chi connectivity index (χ1n) is 8.47. The van der Waals surface area contributed by atoms with E-state index in [2.05, 4.69) is 10.3 Å². The summed E-state index contributed by atoms with van der Waals surface area (Å²) >= 11 is 0. The largest absolute Gasteiger partial charge is 0.494 e. The summed E-state index contributed by atoms with van der Waals surface area (Å²) < 4.78 is 37.3. The van der Waals surface area contributed by atoms with Crippen LogP contribution >= 0.6 is 0 Å². The van der Waals surface area contributed by atoms with Crippen LogP contribution in [0, 0.1) is 11.6 Å². The van der Waals surface area contributed by atoms with Crippen molar-refractivity contribution in [1.29, 1.82) is 0 Å². The molecular weight excluding hydrogens is 342 g/mol. The molecule has 0 unspecified atom stereocenters. The van der Waals surface area contributed by atoms with E-state index in [1.165, 1.54) is 25.4 Å². The number of methoxy groups -OCH3 is 1. The highest BCUT2D eigenvalue weighted by Gasteiger charge is 2.25. The van der Waals surface area contributed by atoms with Crippen molar-refractivity contribution in [2.24, 2.45) is 0 Å². The van der Waals surface area contributed by atoms with Gasteiger partial charge in [0.05, 0.1) is 25.0 Å². The Hall–Kier alpha value is -2.70. The van der Waals surface area contributed by atoms with Gasteiger partial charge in [-0.1, -0.05) is 0 Å². The Bertz CT molecular complexity index is 757. The lowest BCUT2D eigenvalue weighted by Crippen LogP contribution is -2.39. The number of aromatic nitrogens is 1. The molecule has 1 aromatic heterocycles. The van der Waals surface area contributed by atoms with E-state index >= 15 is 0 Å². The Morgan fingerprint density at radius 3 is 2.50 bits per heavy atom. The summed E-state index contributed by atoms with van der Waals surface area (Å²) in [6, 6.07) is 4.79. The van der Waals surface area contributed by atoms with E-state index in [0.717, 1.165) is 18.9 Å². The minimum Gasteiger partial charge on any atom is -0.494 e. The number of amides is 1. The summed E-state index contributed by atoms with van der Waals surface area (Å²) in [7, 11) is 1.49. The van der Waals surface area contributed by atoms with Gasteiger partial charge in [-0.3, -0.25) is 9.78 Å². The van der Waals surface area contributed by atoms with Crippen molar-refractivity contribution < 1.29 is 23.0 Å². The molecule has 1 aliphatic carbocycles. The van der Waals surface area contributed by atoms with Gasteiger partial charge in [0.25, 0.3) is 5.91 Å². The van der Waals surface area contributed by atoms with E-state index < -0.39 is 11.6 Å². The standard InChI is InChI=1S/C19H20F2N2O3/c1-25-18-11-22-7-6-17(18)19(24)23-14-2-4-15(5-3-14)26-16-9-12(20)8-13(21)10-16/h6-11,14-15H,2-5H2,1H3,(H,23,24). The number of halogens is 2. The van der Waals surface area contributed by atoms with Crippen molar-refractivity contribution in [3.8, 4) is 11.5 Å². The molecule has 1 fully saturated rings. The number of nitrogens with zero attached hydrogens (tertiary/aromatic N) is 1. The zero-order valence-electron chi connectivity index (χ0n) is 14.4. The lowest BCUT2D eigenvalue weighted by molar-refractivity contribution is 0.0890. The predicted octanol–water partition coefficient (Wildman–Crippen LogP) is 3.49. The molecule has 0 saturated heterocycles. The molecular formula is C19H20F2N2O3. The molecule has 2 aromatic rings. The molecule has 1 aliphatic rings. The van der Waals surface area contributed by atoms with Crippen molar-refractivity contribution in [3.63, 3.8) is 0 Å². The normalized spacial score (nSPS) is 19.7. The Morgan fingerprint density at radius 1 is 1.15 bits per heavy atom. The second-order valence-corrected chi connectivity index (χ2v) is 6.25. The number of hydrogen-bond acceptors (Lipinski definition) is 4. The third-order valence-corrected chi connectivity index (χ3v) is 4.40. The van der Waals surface area contributed by atoms with Crippen molar-refractivity contribution in [3.05, 3.63) is 53.9 Å². The van der Waals surface area contributed by atoms with Gasteiger partial charge in [0.1, 0.15) is 23.1 Å². The topological polar surface area (TPSA) is 60.5 Å². The highest BCUT2D eigenvalue weighted by molar-refractivity contribution is 5.96. The quantitative estimate of drug-likeness (QED) is 0.885. The van der Waals surface area contributed by atoms with Crippen LogP contribution in [0.25, 0.3) is 0 Å². The fraction of sp³-hybridized carbons (Fsp3) is 0.368. The smallest absolute Gasteiger partial charge is 0.255 e. The van der Waals surface area contributed by atoms with Gasteiger partial charge < -0.3 is 14.8 Å². The highest BCUT2D eigenvalue weighted by atomic mass is 19.1. The third kappa shape index (κ3) is 4.47. The molecule has 1 amide bonds. The van der Waals surface area contributed by atoms with Gasteiger partial charge in [-0.05, 0) is 31.7 Å². The summed E-state index contributed by atoms with van der Waals surface area (Å²) in [5, 5.41) is 2.99. The number of pyridine rings is 1. The van der Waals surface area contributed by atoms with Crippen molar-refractivity contribution in [2.75, 3.05) is 7.11 Å². The van der Waals surface area contributed by atoms with E-state index in [1.807, 2.05) is 0 Å². The number of rotatable bonds is 5. The molecule has 0 aliphatic heterocycles. The van der Waals surface area contributed by atoms with Crippen LogP contribution in [0.1, 0.15) is 36.0 Å². The van der Waals surface area contributed by atoms with Crippen LogP contribution in [0.5, 0.6) is 11.5 Å². The van der Waals surface area contributed by atoms with Gasteiger partial charge in [0.15, 0.2) is 0 Å². The summed E-state index contributed by atoms with van der Waals surface area (Å²) in [6.45, 7) is 0. The Kier molecular flexibility index (Phi) is 5.65. The van der Waals surface area contributed by atoms with E-state index in [0.29, 0.717) is 24.2 Å². The average molecular weight is 362 g/mol. The SMILES string of the molecule is COc1cnccc1C(=O)NC1CCC(Oc2cc(F)cc(F)c2)CC1. The molecule has 0 radical (unpaired) electrons. The Labute approximate surface area is 150 Å². The zero-order valence-corrected chi connectivity index (χ0v) is 14.4. The minimum absolute atomic E-state index is 0.0180. The van der Waals surface area contributed by atoms with E-state index in [9.17, 15) is 13.6 Å². The van der Waals surface area contributed by atoms with Crippen LogP contribution in [0.3, 0.4) is 0 Å². The number of carbonyl (C=O) groups excluding carboxylic acids is 1.